The average molecular weight is 188 g/mol. The van der Waals surface area contributed by atoms with Crippen molar-refractivity contribution in [2.24, 2.45) is 0 Å². The first-order valence-corrected chi connectivity index (χ1v) is 4.78. The first-order valence-electron chi connectivity index (χ1n) is 4.78. The minimum absolute atomic E-state index is 0.871. The maximum absolute atomic E-state index is 4.45. The van der Waals surface area contributed by atoms with Crippen LogP contribution in [0.4, 0.5) is 0 Å². The molecule has 1 aromatic carbocycles. The van der Waals surface area contributed by atoms with Gasteiger partial charge in [-0.25, -0.2) is 0 Å². The molecule has 1 heterocycles. The fraction of sp³-hybridized carbons (Fsp3) is 0.182. The summed E-state index contributed by atoms with van der Waals surface area (Å²) in [5, 5.41) is 4.45. The standard InChI is InChI=1S/C11H13N3/c12-7-9-14-8-6-11(13-14)10-4-2-1-3-5-10/h1-6,8H,7,9,12H2/p+1. The molecule has 0 fully saturated rings. The minimum atomic E-state index is 0.871. The van der Waals surface area contributed by atoms with Crippen LogP contribution in [0.3, 0.4) is 0 Å². The molecule has 2 aromatic rings. The summed E-state index contributed by atoms with van der Waals surface area (Å²) in [7, 11) is 0. The average Bonchev–Trinajstić information content (AvgIpc) is 2.68. The molecule has 0 bridgehead atoms. The van der Waals surface area contributed by atoms with E-state index in [4.69, 9.17) is 0 Å². The van der Waals surface area contributed by atoms with Crippen molar-refractivity contribution in [1.82, 2.24) is 9.78 Å². The zero-order valence-corrected chi connectivity index (χ0v) is 8.06. The molecule has 3 N–H and O–H groups in total. The first kappa shape index (κ1) is 8.97. The fourth-order valence-electron chi connectivity index (χ4n) is 1.41. The van der Waals surface area contributed by atoms with E-state index in [0.717, 1.165) is 24.3 Å². The molecule has 1 aromatic heterocycles. The van der Waals surface area contributed by atoms with Crippen molar-refractivity contribution in [1.29, 1.82) is 0 Å². The van der Waals surface area contributed by atoms with Gasteiger partial charge in [-0.3, -0.25) is 4.68 Å². The maximum atomic E-state index is 4.45. The molecule has 0 saturated heterocycles. The number of benzene rings is 1. The van der Waals surface area contributed by atoms with E-state index in [1.807, 2.05) is 35.1 Å². The van der Waals surface area contributed by atoms with Crippen molar-refractivity contribution in [3.8, 4) is 11.3 Å². The van der Waals surface area contributed by atoms with Crippen LogP contribution in [-0.2, 0) is 6.54 Å². The monoisotopic (exact) mass is 188 g/mol. The van der Waals surface area contributed by atoms with Gasteiger partial charge in [0.15, 0.2) is 0 Å². The Hall–Kier alpha value is -1.61. The van der Waals surface area contributed by atoms with Gasteiger partial charge in [0.2, 0.25) is 0 Å². The zero-order valence-electron chi connectivity index (χ0n) is 8.06. The van der Waals surface area contributed by atoms with E-state index >= 15 is 0 Å². The third kappa shape index (κ3) is 1.83. The molecule has 72 valence electrons. The number of quaternary nitrogens is 1. The minimum Gasteiger partial charge on any atom is -0.356 e. The molecule has 3 heteroatoms. The number of aromatic nitrogens is 2. The van der Waals surface area contributed by atoms with Crippen LogP contribution in [0.25, 0.3) is 11.3 Å². The highest BCUT2D eigenvalue weighted by Crippen LogP contribution is 2.15. The molecule has 0 atom stereocenters. The van der Waals surface area contributed by atoms with E-state index in [0.29, 0.717) is 0 Å². The molecule has 0 aliphatic rings. The maximum Gasteiger partial charge on any atom is 0.0939 e. The highest BCUT2D eigenvalue weighted by Gasteiger charge is 2.00. The Morgan fingerprint density at radius 2 is 1.93 bits per heavy atom. The van der Waals surface area contributed by atoms with E-state index < -0.39 is 0 Å². The second-order valence-electron chi connectivity index (χ2n) is 3.18. The van der Waals surface area contributed by atoms with Crippen LogP contribution in [-0.4, -0.2) is 16.3 Å². The topological polar surface area (TPSA) is 45.5 Å². The molecule has 3 nitrogen and oxygen atoms in total. The summed E-state index contributed by atoms with van der Waals surface area (Å²) < 4.78 is 1.93. The van der Waals surface area contributed by atoms with Crippen molar-refractivity contribution >= 4 is 0 Å². The SMILES string of the molecule is [NH3+]CCn1ccc(-c2ccccc2)n1. The molecule has 0 saturated carbocycles. The van der Waals surface area contributed by atoms with E-state index in [-0.39, 0.29) is 0 Å². The second kappa shape index (κ2) is 4.07. The Morgan fingerprint density at radius 1 is 1.14 bits per heavy atom. The summed E-state index contributed by atoms with van der Waals surface area (Å²) in [5.41, 5.74) is 5.99. The highest BCUT2D eigenvalue weighted by atomic mass is 15.3. The summed E-state index contributed by atoms with van der Waals surface area (Å²) in [4.78, 5) is 0. The van der Waals surface area contributed by atoms with Gasteiger partial charge in [0.25, 0.3) is 0 Å². The van der Waals surface area contributed by atoms with E-state index in [2.05, 4.69) is 23.0 Å². The molecule has 0 aliphatic carbocycles. The van der Waals surface area contributed by atoms with Gasteiger partial charge in [0.1, 0.15) is 0 Å². The lowest BCUT2D eigenvalue weighted by Crippen LogP contribution is -2.52. The Kier molecular flexibility index (Phi) is 2.60. The number of nitrogens with zero attached hydrogens (tertiary/aromatic N) is 2. The van der Waals surface area contributed by atoms with Crippen molar-refractivity contribution in [2.75, 3.05) is 6.54 Å². The van der Waals surface area contributed by atoms with Gasteiger partial charge in [-0.1, -0.05) is 30.3 Å². The van der Waals surface area contributed by atoms with Crippen molar-refractivity contribution in [3.63, 3.8) is 0 Å². The summed E-state index contributed by atoms with van der Waals surface area (Å²) in [6.07, 6.45) is 1.99. The lowest BCUT2D eigenvalue weighted by molar-refractivity contribution is -0.370. The predicted molar refractivity (Wildman–Crippen MR) is 55.4 cm³/mol. The highest BCUT2D eigenvalue weighted by molar-refractivity contribution is 5.57. The van der Waals surface area contributed by atoms with Crippen molar-refractivity contribution < 1.29 is 5.73 Å². The summed E-state index contributed by atoms with van der Waals surface area (Å²) >= 11 is 0. The molecular formula is C11H14N3+. The Balaban J connectivity index is 2.25. The number of hydrogen-bond acceptors (Lipinski definition) is 1. The number of rotatable bonds is 3. The first-order chi connectivity index (χ1) is 6.90. The van der Waals surface area contributed by atoms with Crippen LogP contribution >= 0.6 is 0 Å². The van der Waals surface area contributed by atoms with Crippen LogP contribution in [0.2, 0.25) is 0 Å². The summed E-state index contributed by atoms with van der Waals surface area (Å²) in [6, 6.07) is 12.2. The molecule has 14 heavy (non-hydrogen) atoms. The van der Waals surface area contributed by atoms with Crippen LogP contribution in [0, 0.1) is 0 Å². The molecule has 0 spiro atoms. The fourth-order valence-corrected chi connectivity index (χ4v) is 1.41. The smallest absolute Gasteiger partial charge is 0.0939 e. The molecule has 0 radical (unpaired) electrons. The lowest BCUT2D eigenvalue weighted by Gasteiger charge is -1.96. The van der Waals surface area contributed by atoms with Crippen LogP contribution in [0.5, 0.6) is 0 Å². The molecule has 0 aliphatic heterocycles. The van der Waals surface area contributed by atoms with Crippen molar-refractivity contribution in [2.45, 2.75) is 6.54 Å². The van der Waals surface area contributed by atoms with Gasteiger partial charge in [-0.05, 0) is 6.07 Å². The van der Waals surface area contributed by atoms with Crippen LogP contribution in [0.15, 0.2) is 42.6 Å². The van der Waals surface area contributed by atoms with Gasteiger partial charge in [-0.15, -0.1) is 0 Å². The third-order valence-corrected chi connectivity index (χ3v) is 2.10. The largest absolute Gasteiger partial charge is 0.356 e. The third-order valence-electron chi connectivity index (χ3n) is 2.10. The Morgan fingerprint density at radius 3 is 2.64 bits per heavy atom. The molecular weight excluding hydrogens is 174 g/mol. The van der Waals surface area contributed by atoms with Crippen LogP contribution < -0.4 is 5.73 Å². The number of hydrogen-bond donors (Lipinski definition) is 1. The van der Waals surface area contributed by atoms with Gasteiger partial charge in [0.05, 0.1) is 18.8 Å². The van der Waals surface area contributed by atoms with E-state index in [9.17, 15) is 0 Å². The molecule has 0 unspecified atom stereocenters. The summed E-state index contributed by atoms with van der Waals surface area (Å²) in [5.74, 6) is 0. The normalized spacial score (nSPS) is 10.4. The summed E-state index contributed by atoms with van der Waals surface area (Å²) in [6.45, 7) is 1.75. The predicted octanol–water partition coefficient (Wildman–Crippen LogP) is 0.792. The van der Waals surface area contributed by atoms with Gasteiger partial charge in [-0.2, -0.15) is 5.10 Å². The van der Waals surface area contributed by atoms with E-state index in [1.54, 1.807) is 0 Å². The Bertz CT molecular complexity index is 392. The lowest BCUT2D eigenvalue weighted by atomic mass is 10.2. The Labute approximate surface area is 83.2 Å². The second-order valence-corrected chi connectivity index (χ2v) is 3.18. The zero-order chi connectivity index (χ0) is 9.80. The van der Waals surface area contributed by atoms with Crippen molar-refractivity contribution in [3.05, 3.63) is 42.6 Å². The van der Waals surface area contributed by atoms with Crippen LogP contribution in [0.1, 0.15) is 0 Å². The van der Waals surface area contributed by atoms with Gasteiger partial charge >= 0.3 is 0 Å². The quantitative estimate of drug-likeness (QED) is 0.760. The van der Waals surface area contributed by atoms with Gasteiger partial charge in [0, 0.05) is 11.8 Å². The molecule has 0 amide bonds. The van der Waals surface area contributed by atoms with E-state index in [1.165, 1.54) is 0 Å². The molecule has 2 rings (SSSR count). The van der Waals surface area contributed by atoms with Gasteiger partial charge < -0.3 is 5.73 Å².